The van der Waals surface area contributed by atoms with Gasteiger partial charge in [0.25, 0.3) is 15.7 Å². The van der Waals surface area contributed by atoms with Crippen LogP contribution in [-0.4, -0.2) is 33.9 Å². The van der Waals surface area contributed by atoms with Crippen LogP contribution in [0.4, 0.5) is 24.5 Å². The largest absolute Gasteiger partial charge is 0.501 e. The molecule has 0 bridgehead atoms. The molecule has 1 amide bonds. The van der Waals surface area contributed by atoms with Crippen LogP contribution in [0.15, 0.2) is 47.4 Å². The van der Waals surface area contributed by atoms with E-state index in [2.05, 4.69) is 5.32 Å². The summed E-state index contributed by atoms with van der Waals surface area (Å²) in [5.74, 6) is -0.619. The molecule has 0 heterocycles. The molecule has 0 aromatic heterocycles. The Bertz CT molecular complexity index is 927. The molecule has 2 aromatic carbocycles. The van der Waals surface area contributed by atoms with Crippen LogP contribution in [0.3, 0.4) is 0 Å². The van der Waals surface area contributed by atoms with Crippen LogP contribution >= 0.6 is 11.6 Å². The second-order valence-corrected chi connectivity index (χ2v) is 7.81. The van der Waals surface area contributed by atoms with Crippen molar-refractivity contribution in [2.45, 2.75) is 10.4 Å². The number of nitrogens with zero attached hydrogens (tertiary/aromatic N) is 1. The van der Waals surface area contributed by atoms with Gasteiger partial charge in [0.05, 0.1) is 21.3 Å². The predicted molar refractivity (Wildman–Crippen MR) is 93.4 cm³/mol. The monoisotopic (exact) mass is 406 g/mol. The maximum absolute atomic E-state index is 12.5. The van der Waals surface area contributed by atoms with Crippen molar-refractivity contribution in [2.75, 3.05) is 24.3 Å². The van der Waals surface area contributed by atoms with Gasteiger partial charge in [-0.25, -0.2) is 8.42 Å². The number of anilines is 2. The standard InChI is InChI=1S/C16H14ClF3N2O3S/c1-22(2)14-12(17)4-3-5-13(14)21-15(23)10-6-8-11(9-7-10)26(24,25)16(18,19)20/h3-9H,1-2H3,(H,21,23). The average Bonchev–Trinajstić information content (AvgIpc) is 2.53. The molecule has 0 aliphatic rings. The summed E-state index contributed by atoms with van der Waals surface area (Å²) in [4.78, 5) is 13.1. The second-order valence-electron chi connectivity index (χ2n) is 5.46. The second kappa shape index (κ2) is 7.16. The van der Waals surface area contributed by atoms with Gasteiger partial charge in [0.1, 0.15) is 0 Å². The molecule has 0 atom stereocenters. The van der Waals surface area contributed by atoms with Gasteiger partial charge in [0.15, 0.2) is 0 Å². The molecule has 10 heteroatoms. The number of halogens is 4. The van der Waals surface area contributed by atoms with Crippen LogP contribution in [0, 0.1) is 0 Å². The summed E-state index contributed by atoms with van der Waals surface area (Å²) in [5, 5.41) is 3.00. The van der Waals surface area contributed by atoms with Crippen molar-refractivity contribution in [3.8, 4) is 0 Å². The Balaban J connectivity index is 2.29. The first kappa shape index (κ1) is 20.1. The highest BCUT2D eigenvalue weighted by atomic mass is 35.5. The van der Waals surface area contributed by atoms with E-state index in [0.29, 0.717) is 16.4 Å². The molecule has 2 aromatic rings. The van der Waals surface area contributed by atoms with Crippen LogP contribution in [0.1, 0.15) is 10.4 Å². The highest BCUT2D eigenvalue weighted by Crippen LogP contribution is 2.33. The first-order chi connectivity index (χ1) is 11.9. The summed E-state index contributed by atoms with van der Waals surface area (Å²) in [7, 11) is -2.00. The van der Waals surface area contributed by atoms with Gasteiger partial charge in [-0.2, -0.15) is 13.2 Å². The number of rotatable bonds is 4. The minimum Gasteiger partial charge on any atom is -0.375 e. The Morgan fingerprint density at radius 3 is 2.15 bits per heavy atom. The molecule has 5 nitrogen and oxygen atoms in total. The van der Waals surface area contributed by atoms with Gasteiger partial charge in [0.2, 0.25) is 0 Å². The van der Waals surface area contributed by atoms with Crippen LogP contribution in [0.5, 0.6) is 0 Å². The fourth-order valence-corrected chi connectivity index (χ4v) is 3.29. The SMILES string of the molecule is CN(C)c1c(Cl)cccc1NC(=O)c1ccc(S(=O)(=O)C(F)(F)F)cc1. The number of carbonyl (C=O) groups excluding carboxylic acids is 1. The highest BCUT2D eigenvalue weighted by Gasteiger charge is 2.46. The van der Waals surface area contributed by atoms with Crippen molar-refractivity contribution < 1.29 is 26.4 Å². The molecule has 140 valence electrons. The normalized spacial score (nSPS) is 11.9. The summed E-state index contributed by atoms with van der Waals surface area (Å²) in [6.07, 6.45) is 0. The zero-order valence-corrected chi connectivity index (χ0v) is 15.2. The third-order valence-electron chi connectivity index (χ3n) is 3.41. The van der Waals surface area contributed by atoms with E-state index in [9.17, 15) is 26.4 Å². The van der Waals surface area contributed by atoms with E-state index in [-0.39, 0.29) is 5.56 Å². The number of para-hydroxylation sites is 1. The van der Waals surface area contributed by atoms with Crippen LogP contribution in [0.25, 0.3) is 0 Å². The third kappa shape index (κ3) is 3.94. The van der Waals surface area contributed by atoms with Gasteiger partial charge in [-0.15, -0.1) is 0 Å². The highest BCUT2D eigenvalue weighted by molar-refractivity contribution is 7.92. The van der Waals surface area contributed by atoms with Crippen molar-refractivity contribution in [2.24, 2.45) is 0 Å². The lowest BCUT2D eigenvalue weighted by molar-refractivity contribution is -0.0436. The number of alkyl halides is 3. The van der Waals surface area contributed by atoms with Gasteiger partial charge < -0.3 is 10.2 Å². The number of hydrogen-bond donors (Lipinski definition) is 1. The summed E-state index contributed by atoms with van der Waals surface area (Å²) < 4.78 is 60.3. The molecule has 2 rings (SSSR count). The molecule has 0 radical (unpaired) electrons. The fraction of sp³-hybridized carbons (Fsp3) is 0.188. The van der Waals surface area contributed by atoms with E-state index in [1.54, 1.807) is 37.2 Å². The summed E-state index contributed by atoms with van der Waals surface area (Å²) >= 11 is 6.10. The Morgan fingerprint density at radius 1 is 1.08 bits per heavy atom. The summed E-state index contributed by atoms with van der Waals surface area (Å²) in [6, 6.07) is 8.38. The van der Waals surface area contributed by atoms with Gasteiger partial charge in [-0.05, 0) is 36.4 Å². The van der Waals surface area contributed by atoms with Crippen LogP contribution < -0.4 is 10.2 Å². The number of amides is 1. The molecule has 0 fully saturated rings. The Kier molecular flexibility index (Phi) is 5.52. The average molecular weight is 407 g/mol. The Labute approximate surface area is 153 Å². The Hall–Kier alpha value is -2.26. The van der Waals surface area contributed by atoms with Gasteiger partial charge in [-0.3, -0.25) is 4.79 Å². The smallest absolute Gasteiger partial charge is 0.375 e. The van der Waals surface area contributed by atoms with Gasteiger partial charge >= 0.3 is 5.51 Å². The molecule has 0 unspecified atom stereocenters. The molecule has 26 heavy (non-hydrogen) atoms. The van der Waals surface area contributed by atoms with E-state index in [1.807, 2.05) is 0 Å². The van der Waals surface area contributed by atoms with Crippen molar-refractivity contribution in [1.82, 2.24) is 0 Å². The number of sulfone groups is 1. The Morgan fingerprint density at radius 2 is 1.65 bits per heavy atom. The number of hydrogen-bond acceptors (Lipinski definition) is 4. The number of nitrogens with one attached hydrogen (secondary N) is 1. The topological polar surface area (TPSA) is 66.5 Å². The minimum absolute atomic E-state index is 0.00388. The maximum atomic E-state index is 12.5. The van der Waals surface area contributed by atoms with E-state index in [0.717, 1.165) is 24.3 Å². The lowest BCUT2D eigenvalue weighted by atomic mass is 10.2. The first-order valence-corrected chi connectivity index (χ1v) is 9.00. The third-order valence-corrected chi connectivity index (χ3v) is 5.22. The molecule has 0 aliphatic heterocycles. The molecule has 0 spiro atoms. The molecule has 0 saturated carbocycles. The van der Waals surface area contributed by atoms with E-state index in [4.69, 9.17) is 11.6 Å². The van der Waals surface area contributed by atoms with Crippen LogP contribution in [-0.2, 0) is 9.84 Å². The van der Waals surface area contributed by atoms with Crippen molar-refractivity contribution in [3.63, 3.8) is 0 Å². The van der Waals surface area contributed by atoms with E-state index in [1.165, 1.54) is 0 Å². The number of carbonyl (C=O) groups is 1. The first-order valence-electron chi connectivity index (χ1n) is 7.14. The molecule has 1 N–H and O–H groups in total. The van der Waals surface area contributed by atoms with E-state index < -0.39 is 26.1 Å². The molecule has 0 saturated heterocycles. The number of benzene rings is 2. The summed E-state index contributed by atoms with van der Waals surface area (Å²) in [5.41, 5.74) is -4.45. The van der Waals surface area contributed by atoms with Gasteiger partial charge in [-0.1, -0.05) is 17.7 Å². The quantitative estimate of drug-likeness (QED) is 0.834. The molecule has 0 aliphatic carbocycles. The van der Waals surface area contributed by atoms with Crippen molar-refractivity contribution in [1.29, 1.82) is 0 Å². The van der Waals surface area contributed by atoms with E-state index >= 15 is 0 Å². The zero-order valence-electron chi connectivity index (χ0n) is 13.6. The fourth-order valence-electron chi connectivity index (χ4n) is 2.18. The van der Waals surface area contributed by atoms with Gasteiger partial charge in [0, 0.05) is 19.7 Å². The molecular formula is C16H14ClF3N2O3S. The minimum atomic E-state index is -5.46. The lowest BCUT2D eigenvalue weighted by Gasteiger charge is -2.19. The van der Waals surface area contributed by atoms with Crippen LogP contribution in [0.2, 0.25) is 5.02 Å². The predicted octanol–water partition coefficient (Wildman–Crippen LogP) is 3.95. The van der Waals surface area contributed by atoms with Crippen molar-refractivity contribution >= 4 is 38.7 Å². The summed E-state index contributed by atoms with van der Waals surface area (Å²) in [6.45, 7) is 0. The lowest BCUT2D eigenvalue weighted by Crippen LogP contribution is -2.23. The zero-order chi connectivity index (χ0) is 19.7. The maximum Gasteiger partial charge on any atom is 0.501 e. The molecular weight excluding hydrogens is 393 g/mol. The van der Waals surface area contributed by atoms with Crippen molar-refractivity contribution in [3.05, 3.63) is 53.1 Å².